The molecule has 0 aliphatic carbocycles. The number of unbranched alkanes of at least 4 members (excludes halogenated alkanes) is 1. The Morgan fingerprint density at radius 3 is 2.63 bits per heavy atom. The van der Waals surface area contributed by atoms with Crippen LogP contribution < -0.4 is 4.74 Å². The van der Waals surface area contributed by atoms with Gasteiger partial charge in [-0.25, -0.2) is 0 Å². The minimum Gasteiger partial charge on any atom is -0.494 e. The van der Waals surface area contributed by atoms with Gasteiger partial charge in [-0.05, 0) is 37.1 Å². The predicted octanol–water partition coefficient (Wildman–Crippen LogP) is 2.20. The average molecular weight is 328 g/mol. The van der Waals surface area contributed by atoms with Crippen molar-refractivity contribution >= 4 is 21.8 Å². The molecule has 1 aliphatic rings. The molecule has 0 saturated carbocycles. The van der Waals surface area contributed by atoms with Crippen LogP contribution in [0.2, 0.25) is 0 Å². The number of benzene rings is 1. The van der Waals surface area contributed by atoms with Crippen LogP contribution in [0.3, 0.4) is 0 Å². The molecule has 4 nitrogen and oxygen atoms in total. The molecule has 0 spiro atoms. The smallest absolute Gasteiger partial charge is 0.222 e. The Labute approximate surface area is 121 Å². The number of β-amino-alcohol motifs (C(OH)–C–C–N with tert-alkyl or cyclic N) is 1. The maximum absolute atomic E-state index is 11.6. The fraction of sp³-hybridized carbons (Fsp3) is 0.500. The summed E-state index contributed by atoms with van der Waals surface area (Å²) in [6.07, 6.45) is 1.90. The van der Waals surface area contributed by atoms with Crippen LogP contribution in [0.4, 0.5) is 0 Å². The number of carbonyl (C=O) groups is 1. The first-order valence-corrected chi connectivity index (χ1v) is 7.28. The quantitative estimate of drug-likeness (QED) is 0.815. The highest BCUT2D eigenvalue weighted by Crippen LogP contribution is 2.16. The van der Waals surface area contributed by atoms with Gasteiger partial charge in [0, 0.05) is 24.0 Å². The van der Waals surface area contributed by atoms with Crippen LogP contribution in [0.15, 0.2) is 28.7 Å². The zero-order valence-electron chi connectivity index (χ0n) is 10.7. The number of rotatable bonds is 6. The van der Waals surface area contributed by atoms with Gasteiger partial charge in [-0.1, -0.05) is 15.9 Å². The first-order chi connectivity index (χ1) is 9.15. The third-order valence-corrected chi connectivity index (χ3v) is 3.61. The van der Waals surface area contributed by atoms with Gasteiger partial charge in [0.15, 0.2) is 0 Å². The van der Waals surface area contributed by atoms with E-state index in [9.17, 15) is 4.79 Å². The van der Waals surface area contributed by atoms with E-state index in [1.54, 1.807) is 4.90 Å². The van der Waals surface area contributed by atoms with Gasteiger partial charge in [-0.15, -0.1) is 0 Å². The molecule has 0 aromatic heterocycles. The average Bonchev–Trinajstić information content (AvgIpc) is 2.36. The highest BCUT2D eigenvalue weighted by atomic mass is 79.9. The Hall–Kier alpha value is -1.07. The Balaban J connectivity index is 1.54. The Kier molecular flexibility index (Phi) is 5.22. The molecule has 1 aliphatic heterocycles. The number of hydrogen-bond acceptors (Lipinski definition) is 3. The summed E-state index contributed by atoms with van der Waals surface area (Å²) in [6.45, 7) is 1.61. The topological polar surface area (TPSA) is 49.8 Å². The van der Waals surface area contributed by atoms with Crippen molar-refractivity contribution in [3.05, 3.63) is 28.7 Å². The minimum atomic E-state index is -0.315. The summed E-state index contributed by atoms with van der Waals surface area (Å²) in [5, 5.41) is 9.11. The molecule has 1 saturated heterocycles. The molecule has 0 atom stereocenters. The van der Waals surface area contributed by atoms with E-state index >= 15 is 0 Å². The molecule has 19 heavy (non-hydrogen) atoms. The fourth-order valence-electron chi connectivity index (χ4n) is 1.92. The third-order valence-electron chi connectivity index (χ3n) is 3.08. The molecular formula is C14H18BrNO3. The van der Waals surface area contributed by atoms with E-state index in [0.29, 0.717) is 26.1 Å². The zero-order valence-corrected chi connectivity index (χ0v) is 12.3. The summed E-state index contributed by atoms with van der Waals surface area (Å²) in [4.78, 5) is 13.3. The molecule has 1 N–H and O–H groups in total. The first-order valence-electron chi connectivity index (χ1n) is 6.49. The highest BCUT2D eigenvalue weighted by Gasteiger charge is 2.27. The van der Waals surface area contributed by atoms with Crippen LogP contribution in [-0.4, -0.2) is 41.7 Å². The largest absolute Gasteiger partial charge is 0.494 e. The maximum Gasteiger partial charge on any atom is 0.222 e. The molecule has 1 amide bonds. The molecule has 5 heteroatoms. The predicted molar refractivity (Wildman–Crippen MR) is 76.1 cm³/mol. The number of nitrogens with zero attached hydrogens (tertiary/aromatic N) is 1. The highest BCUT2D eigenvalue weighted by molar-refractivity contribution is 9.10. The monoisotopic (exact) mass is 327 g/mol. The Bertz CT molecular complexity index is 415. The van der Waals surface area contributed by atoms with Gasteiger partial charge in [0.05, 0.1) is 12.7 Å². The summed E-state index contributed by atoms with van der Waals surface area (Å²) in [5.41, 5.74) is 0. The Morgan fingerprint density at radius 2 is 2.00 bits per heavy atom. The fourth-order valence-corrected chi connectivity index (χ4v) is 2.18. The van der Waals surface area contributed by atoms with Gasteiger partial charge in [0.25, 0.3) is 0 Å². The van der Waals surface area contributed by atoms with Gasteiger partial charge in [-0.3, -0.25) is 4.79 Å². The Morgan fingerprint density at radius 1 is 1.32 bits per heavy atom. The molecule has 1 heterocycles. The lowest BCUT2D eigenvalue weighted by Gasteiger charge is -2.35. The molecule has 0 unspecified atom stereocenters. The van der Waals surface area contributed by atoms with Crippen molar-refractivity contribution in [2.24, 2.45) is 0 Å². The second kappa shape index (κ2) is 6.91. The second-order valence-electron chi connectivity index (χ2n) is 4.71. The number of amides is 1. The van der Waals surface area contributed by atoms with Gasteiger partial charge in [0.2, 0.25) is 5.91 Å². The molecule has 1 aromatic rings. The van der Waals surface area contributed by atoms with Crippen LogP contribution in [0.5, 0.6) is 5.75 Å². The molecular weight excluding hydrogens is 310 g/mol. The lowest BCUT2D eigenvalue weighted by molar-refractivity contribution is -0.141. The van der Waals surface area contributed by atoms with Crippen LogP contribution in [0.25, 0.3) is 0 Å². The van der Waals surface area contributed by atoms with Crippen molar-refractivity contribution < 1.29 is 14.6 Å². The summed E-state index contributed by atoms with van der Waals surface area (Å²) >= 11 is 3.37. The normalized spacial score (nSPS) is 15.2. The summed E-state index contributed by atoms with van der Waals surface area (Å²) in [5.74, 6) is 0.981. The van der Waals surface area contributed by atoms with Crippen molar-refractivity contribution in [3.63, 3.8) is 0 Å². The van der Waals surface area contributed by atoms with E-state index < -0.39 is 0 Å². The van der Waals surface area contributed by atoms with Gasteiger partial charge >= 0.3 is 0 Å². The third kappa shape index (κ3) is 4.51. The van der Waals surface area contributed by atoms with E-state index in [-0.39, 0.29) is 12.0 Å². The molecule has 0 bridgehead atoms. The van der Waals surface area contributed by atoms with E-state index in [0.717, 1.165) is 23.1 Å². The van der Waals surface area contributed by atoms with E-state index in [1.807, 2.05) is 24.3 Å². The molecule has 0 radical (unpaired) electrons. The number of likely N-dealkylation sites (tertiary alicyclic amines) is 1. The van der Waals surface area contributed by atoms with Crippen molar-refractivity contribution in [1.29, 1.82) is 0 Å². The second-order valence-corrected chi connectivity index (χ2v) is 5.63. The van der Waals surface area contributed by atoms with Gasteiger partial charge in [-0.2, -0.15) is 0 Å². The summed E-state index contributed by atoms with van der Waals surface area (Å²) in [7, 11) is 0. The van der Waals surface area contributed by atoms with Crippen molar-refractivity contribution in [2.45, 2.75) is 25.4 Å². The van der Waals surface area contributed by atoms with Crippen LogP contribution in [0.1, 0.15) is 19.3 Å². The number of aliphatic hydroxyl groups is 1. The van der Waals surface area contributed by atoms with Crippen molar-refractivity contribution in [3.8, 4) is 5.75 Å². The van der Waals surface area contributed by atoms with Crippen LogP contribution >= 0.6 is 15.9 Å². The van der Waals surface area contributed by atoms with Crippen molar-refractivity contribution in [1.82, 2.24) is 4.90 Å². The van der Waals surface area contributed by atoms with E-state index in [2.05, 4.69) is 15.9 Å². The van der Waals surface area contributed by atoms with E-state index in [4.69, 9.17) is 9.84 Å². The number of hydrogen-bond donors (Lipinski definition) is 1. The number of ether oxygens (including phenoxy) is 1. The zero-order chi connectivity index (χ0) is 13.7. The summed E-state index contributed by atoms with van der Waals surface area (Å²) in [6, 6.07) is 7.70. The number of carbonyl (C=O) groups excluding carboxylic acids is 1. The summed E-state index contributed by atoms with van der Waals surface area (Å²) < 4.78 is 6.60. The van der Waals surface area contributed by atoms with Crippen molar-refractivity contribution in [2.75, 3.05) is 19.7 Å². The lowest BCUT2D eigenvalue weighted by atomic mass is 10.1. The standard InChI is InChI=1S/C14H18BrNO3/c15-11-4-6-13(7-5-11)19-8-2-1-3-14(18)16-9-12(17)10-16/h4-7,12,17H,1-3,8-10H2. The molecule has 1 aromatic carbocycles. The van der Waals surface area contributed by atoms with Gasteiger partial charge < -0.3 is 14.7 Å². The lowest BCUT2D eigenvalue weighted by Crippen LogP contribution is -2.53. The van der Waals surface area contributed by atoms with Crippen LogP contribution in [0, 0.1) is 0 Å². The maximum atomic E-state index is 11.6. The van der Waals surface area contributed by atoms with Gasteiger partial charge in [0.1, 0.15) is 5.75 Å². The number of aliphatic hydroxyl groups excluding tert-OH is 1. The molecule has 2 rings (SSSR count). The molecule has 104 valence electrons. The first kappa shape index (κ1) is 14.3. The SMILES string of the molecule is O=C(CCCCOc1ccc(Br)cc1)N1CC(O)C1. The minimum absolute atomic E-state index is 0.133. The number of halogens is 1. The molecule has 1 fully saturated rings. The van der Waals surface area contributed by atoms with Crippen LogP contribution in [-0.2, 0) is 4.79 Å². The van der Waals surface area contributed by atoms with E-state index in [1.165, 1.54) is 0 Å².